The molecule has 3 heterocycles. The van der Waals surface area contributed by atoms with Crippen LogP contribution in [-0.2, 0) is 23.8 Å². The monoisotopic (exact) mass is 1040 g/mol. The molecule has 1 aromatic heterocycles. The van der Waals surface area contributed by atoms with Crippen LogP contribution in [0.25, 0.3) is 0 Å². The van der Waals surface area contributed by atoms with E-state index in [-0.39, 0.29) is 62.2 Å². The van der Waals surface area contributed by atoms with Crippen LogP contribution in [-0.4, -0.2) is 139 Å². The number of amides is 1. The summed E-state index contributed by atoms with van der Waals surface area (Å²) in [4.78, 5) is 32.0. The van der Waals surface area contributed by atoms with Crippen molar-refractivity contribution in [2.45, 2.75) is 227 Å². The van der Waals surface area contributed by atoms with Gasteiger partial charge in [-0.15, -0.1) is 0 Å². The lowest BCUT2D eigenvalue weighted by Gasteiger charge is -2.46. The van der Waals surface area contributed by atoms with Gasteiger partial charge >= 0.3 is 5.97 Å². The molecule has 13 atom stereocenters. The Morgan fingerprint density at radius 3 is 1.96 bits per heavy atom. The maximum absolute atomic E-state index is 14.6. The van der Waals surface area contributed by atoms with E-state index < -0.39 is 73.0 Å². The Balaban J connectivity index is 1.37. The zero-order valence-electron chi connectivity index (χ0n) is 47.6. The summed E-state index contributed by atoms with van der Waals surface area (Å²) in [5, 5.41) is 57.1. The summed E-state index contributed by atoms with van der Waals surface area (Å²) in [7, 11) is 1.68. The number of carbonyl (C=O) groups is 2. The van der Waals surface area contributed by atoms with Gasteiger partial charge in [0.2, 0.25) is 5.91 Å². The second-order valence-corrected chi connectivity index (χ2v) is 27.3. The number of aromatic nitrogens is 2. The van der Waals surface area contributed by atoms with E-state index in [0.29, 0.717) is 12.8 Å². The summed E-state index contributed by atoms with van der Waals surface area (Å²) in [6, 6.07) is 13.2. The standard InChI is InChI=1S/C59H96N4O9P/c1-17-51-59(14,69)54(66)46(12)62(35-42(8)33-58(13,68)55(43(9)31-44(10)56(67)71-51)72-57-53(65)50(61(15)16)32-45(11)70-57)52(64)23-21-19-18-20-22-24-73(47-27-38(4)25-39(5)28-47,48-29-40(6)26-41(7)30-48)49-34-60-63(36-49)37(2)3/h25-30,34,36-37,42-46,50-51,53-55,57,65-66,68-69H,17-24,31-33,35H2,1-16H3/q+1/t42-,43+,44-,45-,46-,50+,51-,53-,54-,55-,57+,58-,59-/m1/s1. The van der Waals surface area contributed by atoms with Gasteiger partial charge < -0.3 is 44.4 Å². The number of aliphatic hydroxyl groups is 4. The van der Waals surface area contributed by atoms with Gasteiger partial charge in [-0.3, -0.25) is 14.3 Å². The van der Waals surface area contributed by atoms with E-state index in [2.05, 4.69) is 95.0 Å². The molecule has 410 valence electrons. The molecule has 0 radical (unpaired) electrons. The average Bonchev–Trinajstić information content (AvgIpc) is 3.80. The first-order chi connectivity index (χ1) is 34.1. The minimum absolute atomic E-state index is 0.155. The number of ether oxygens (including phenoxy) is 3. The van der Waals surface area contributed by atoms with Crippen molar-refractivity contribution in [3.8, 4) is 0 Å². The lowest BCUT2D eigenvalue weighted by atomic mass is 9.79. The molecular formula is C59H96N4O9P+. The summed E-state index contributed by atoms with van der Waals surface area (Å²) >= 11 is 0. The van der Waals surface area contributed by atoms with Crippen LogP contribution in [0.5, 0.6) is 0 Å². The van der Waals surface area contributed by atoms with Gasteiger partial charge in [0.25, 0.3) is 0 Å². The molecule has 73 heavy (non-hydrogen) atoms. The number of cyclic esters (lactones) is 1. The SMILES string of the molecule is CC[C@H]1OC(=O)[C@H](C)C[C@H](C)[C@@H](O[C@@H]2O[C@H](C)C[C@H](N(C)C)[C@H]2O)[C@](C)(O)C[C@@H](C)CN(C(=O)CCCCCCC[P+](c2cc(C)cc(C)c2)(c2cc(C)cc(C)c2)c2cnn(C(C)C)c2)[C@H](C)[C@@H](O)[C@]1(C)O. The molecule has 0 bridgehead atoms. The van der Waals surface area contributed by atoms with Gasteiger partial charge in [-0.2, -0.15) is 5.10 Å². The topological polar surface area (TPSA) is 167 Å². The second-order valence-electron chi connectivity index (χ2n) is 23.7. The molecule has 0 unspecified atom stereocenters. The summed E-state index contributed by atoms with van der Waals surface area (Å²) < 4.78 is 21.0. The van der Waals surface area contributed by atoms with Crippen molar-refractivity contribution in [3.05, 3.63) is 71.0 Å². The first kappa shape index (κ1) is 60.6. The molecule has 14 heteroatoms. The lowest BCUT2D eigenvalue weighted by molar-refractivity contribution is -0.295. The fourth-order valence-corrected chi connectivity index (χ4v) is 16.8. The number of aryl methyl sites for hydroxylation is 4. The fourth-order valence-electron chi connectivity index (χ4n) is 12.2. The van der Waals surface area contributed by atoms with E-state index in [1.807, 2.05) is 39.8 Å². The van der Waals surface area contributed by atoms with Gasteiger partial charge in [0.15, 0.2) is 6.29 Å². The fraction of sp³-hybridized carbons (Fsp3) is 0.712. The summed E-state index contributed by atoms with van der Waals surface area (Å²) in [6.45, 7) is 27.6. The molecule has 1 amide bonds. The van der Waals surface area contributed by atoms with Crippen molar-refractivity contribution >= 4 is 35.1 Å². The number of aliphatic hydroxyl groups excluding tert-OH is 2. The molecule has 2 saturated heterocycles. The number of hydrogen-bond donors (Lipinski definition) is 4. The highest BCUT2D eigenvalue weighted by Crippen LogP contribution is 2.57. The van der Waals surface area contributed by atoms with Gasteiger partial charge in [-0.05, 0) is 187 Å². The Morgan fingerprint density at radius 1 is 0.863 bits per heavy atom. The first-order valence-corrected chi connectivity index (χ1v) is 29.5. The largest absolute Gasteiger partial charge is 0.459 e. The van der Waals surface area contributed by atoms with Gasteiger partial charge in [0.1, 0.15) is 47.1 Å². The summed E-state index contributed by atoms with van der Waals surface area (Å²) in [5.74, 6) is -2.07. The Labute approximate surface area is 440 Å². The Bertz CT molecular complexity index is 2170. The molecule has 2 aliphatic heterocycles. The van der Waals surface area contributed by atoms with Crippen molar-refractivity contribution in [1.82, 2.24) is 19.6 Å². The minimum Gasteiger partial charge on any atom is -0.459 e. The number of unbranched alkanes of at least 4 members (excludes halogenated alkanes) is 4. The normalized spacial score (nSPS) is 31.3. The minimum atomic E-state index is -2.14. The van der Waals surface area contributed by atoms with Crippen molar-refractivity contribution in [3.63, 3.8) is 0 Å². The molecule has 0 saturated carbocycles. The van der Waals surface area contributed by atoms with Crippen molar-refractivity contribution in [2.75, 3.05) is 26.8 Å². The van der Waals surface area contributed by atoms with Crippen LogP contribution in [0.15, 0.2) is 48.8 Å². The zero-order valence-corrected chi connectivity index (χ0v) is 48.5. The number of carbonyl (C=O) groups excluding carboxylic acids is 2. The third-order valence-corrected chi connectivity index (χ3v) is 20.3. The van der Waals surface area contributed by atoms with E-state index in [4.69, 9.17) is 19.3 Å². The zero-order chi connectivity index (χ0) is 54.3. The maximum Gasteiger partial charge on any atom is 0.309 e. The van der Waals surface area contributed by atoms with E-state index in [9.17, 15) is 30.0 Å². The molecule has 2 aliphatic rings. The molecule has 0 aliphatic carbocycles. The molecule has 2 aromatic carbocycles. The van der Waals surface area contributed by atoms with Crippen LogP contribution in [0.2, 0.25) is 0 Å². The Hall–Kier alpha value is -3.26. The number of esters is 1. The van der Waals surface area contributed by atoms with Crippen molar-refractivity contribution in [2.24, 2.45) is 17.8 Å². The predicted molar refractivity (Wildman–Crippen MR) is 295 cm³/mol. The molecule has 2 fully saturated rings. The Kier molecular flexibility index (Phi) is 21.4. The van der Waals surface area contributed by atoms with Crippen LogP contribution < -0.4 is 15.9 Å². The number of likely N-dealkylation sites (N-methyl/N-ethyl adjacent to an activating group) is 1. The predicted octanol–water partition coefficient (Wildman–Crippen LogP) is 8.25. The van der Waals surface area contributed by atoms with E-state index in [1.54, 1.807) is 32.6 Å². The van der Waals surface area contributed by atoms with Crippen LogP contribution in [0.4, 0.5) is 0 Å². The number of benzene rings is 2. The molecular weight excluding hydrogens is 940 g/mol. The molecule has 4 N–H and O–H groups in total. The highest BCUT2D eigenvalue weighted by Gasteiger charge is 2.50. The molecule has 0 spiro atoms. The van der Waals surface area contributed by atoms with E-state index >= 15 is 0 Å². The van der Waals surface area contributed by atoms with Gasteiger partial charge in [-0.25, -0.2) is 0 Å². The van der Waals surface area contributed by atoms with E-state index in [1.165, 1.54) is 45.1 Å². The molecule has 3 aromatic rings. The smallest absolute Gasteiger partial charge is 0.309 e. The van der Waals surface area contributed by atoms with Crippen molar-refractivity contribution < 1.29 is 44.2 Å². The van der Waals surface area contributed by atoms with Crippen molar-refractivity contribution in [1.29, 1.82) is 0 Å². The maximum atomic E-state index is 14.6. The van der Waals surface area contributed by atoms with Crippen LogP contribution in [0.3, 0.4) is 0 Å². The third-order valence-electron chi connectivity index (χ3n) is 16.0. The van der Waals surface area contributed by atoms with Crippen LogP contribution in [0, 0.1) is 45.4 Å². The summed E-state index contributed by atoms with van der Waals surface area (Å²) in [5.41, 5.74) is 1.62. The number of hydrogen-bond acceptors (Lipinski definition) is 11. The van der Waals surface area contributed by atoms with Gasteiger partial charge in [0, 0.05) is 25.0 Å². The molecule has 5 rings (SSSR count). The highest BCUT2D eigenvalue weighted by atomic mass is 31.2. The van der Waals surface area contributed by atoms with E-state index in [0.717, 1.165) is 31.8 Å². The molecule has 13 nitrogen and oxygen atoms in total. The summed E-state index contributed by atoms with van der Waals surface area (Å²) in [6.07, 6.45) is 5.73. The number of nitrogens with zero attached hydrogens (tertiary/aromatic N) is 4. The van der Waals surface area contributed by atoms with Gasteiger partial charge in [0.05, 0.1) is 48.3 Å². The quantitative estimate of drug-likeness (QED) is 0.0620. The first-order valence-electron chi connectivity index (χ1n) is 27.5. The second kappa shape index (κ2) is 25.7. The van der Waals surface area contributed by atoms with Crippen LogP contribution in [0.1, 0.15) is 162 Å². The number of rotatable bonds is 16. The lowest BCUT2D eigenvalue weighted by Crippen LogP contribution is -2.60. The third kappa shape index (κ3) is 14.8. The Morgan fingerprint density at radius 2 is 1.42 bits per heavy atom. The average molecular weight is 1040 g/mol. The van der Waals surface area contributed by atoms with Gasteiger partial charge in [-0.1, -0.05) is 52.7 Å². The van der Waals surface area contributed by atoms with Crippen LogP contribution >= 0.6 is 7.26 Å². The highest BCUT2D eigenvalue weighted by molar-refractivity contribution is 7.95.